The first-order valence-corrected chi connectivity index (χ1v) is 14.6. The highest BCUT2D eigenvalue weighted by atomic mass is 35.5. The second-order valence-corrected chi connectivity index (χ2v) is 11.6. The number of aromatic nitrogens is 1. The molecule has 4 aromatic rings. The number of fused-ring (bicyclic) bond motifs is 1. The topological polar surface area (TPSA) is 93.6 Å². The number of halogens is 1. The van der Waals surface area contributed by atoms with Gasteiger partial charge < -0.3 is 19.3 Å². The molecular formula is C31H31ClN4O3S. The minimum absolute atomic E-state index is 0.108. The molecule has 40 heavy (non-hydrogen) atoms. The Labute approximate surface area is 243 Å². The molecule has 0 saturated carbocycles. The van der Waals surface area contributed by atoms with Gasteiger partial charge in [0.15, 0.2) is 5.58 Å². The molecule has 2 heterocycles. The number of hydrogen-bond donors (Lipinski definition) is 1. The monoisotopic (exact) mass is 574 g/mol. The van der Waals surface area contributed by atoms with E-state index in [9.17, 15) is 15.2 Å². The van der Waals surface area contributed by atoms with Crippen LogP contribution < -0.4 is 0 Å². The number of aliphatic hydroxyl groups is 1. The predicted octanol–water partition coefficient (Wildman–Crippen LogP) is 6.13. The zero-order valence-electron chi connectivity index (χ0n) is 22.8. The maximum absolute atomic E-state index is 13.0. The number of hydrogen-bond acceptors (Lipinski definition) is 7. The summed E-state index contributed by atoms with van der Waals surface area (Å²) in [5, 5.41) is 19.7. The average Bonchev–Trinajstić information content (AvgIpc) is 3.40. The van der Waals surface area contributed by atoms with E-state index in [4.69, 9.17) is 16.0 Å². The molecule has 9 heteroatoms. The van der Waals surface area contributed by atoms with Crippen LogP contribution in [0.4, 0.5) is 0 Å². The molecule has 7 nitrogen and oxygen atoms in total. The van der Waals surface area contributed by atoms with Gasteiger partial charge in [0.25, 0.3) is 0 Å². The van der Waals surface area contributed by atoms with Crippen molar-refractivity contribution in [1.29, 1.82) is 5.26 Å². The average molecular weight is 575 g/mol. The van der Waals surface area contributed by atoms with Crippen LogP contribution in [-0.4, -0.2) is 64.8 Å². The van der Waals surface area contributed by atoms with E-state index in [0.29, 0.717) is 38.9 Å². The van der Waals surface area contributed by atoms with Gasteiger partial charge in [0.1, 0.15) is 11.6 Å². The summed E-state index contributed by atoms with van der Waals surface area (Å²) in [6, 6.07) is 17.5. The summed E-state index contributed by atoms with van der Waals surface area (Å²) >= 11 is 8.39. The summed E-state index contributed by atoms with van der Waals surface area (Å²) in [5.74, 6) is 0.826. The van der Waals surface area contributed by atoms with E-state index >= 15 is 0 Å². The third-order valence-corrected chi connectivity index (χ3v) is 9.21. The molecule has 1 aliphatic rings. The second kappa shape index (κ2) is 12.0. The first-order valence-electron chi connectivity index (χ1n) is 13.2. The summed E-state index contributed by atoms with van der Waals surface area (Å²) in [6.45, 7) is 3.82. The molecule has 206 valence electrons. The number of amides is 1. The van der Waals surface area contributed by atoms with Crippen molar-refractivity contribution in [1.82, 2.24) is 14.8 Å². The Hall–Kier alpha value is -3.35. The lowest BCUT2D eigenvalue weighted by Gasteiger charge is -2.35. The molecule has 1 aromatic heterocycles. The van der Waals surface area contributed by atoms with Gasteiger partial charge in [0.05, 0.1) is 22.9 Å². The number of aliphatic hydroxyl groups excluding tert-OH is 1. The summed E-state index contributed by atoms with van der Waals surface area (Å²) in [6.07, 6.45) is 1.99. The number of rotatable bonds is 7. The van der Waals surface area contributed by atoms with E-state index < -0.39 is 0 Å². The number of oxazole rings is 1. The van der Waals surface area contributed by atoms with Crippen molar-refractivity contribution in [3.8, 4) is 28.7 Å². The van der Waals surface area contributed by atoms with Crippen molar-refractivity contribution in [3.05, 3.63) is 70.2 Å². The fourth-order valence-corrected chi connectivity index (χ4v) is 6.48. The summed E-state index contributed by atoms with van der Waals surface area (Å²) in [4.78, 5) is 22.7. The lowest BCUT2D eigenvalue weighted by atomic mass is 9.96. The van der Waals surface area contributed by atoms with Gasteiger partial charge in [-0.3, -0.25) is 4.79 Å². The Bertz CT molecular complexity index is 1600. The van der Waals surface area contributed by atoms with Crippen molar-refractivity contribution in [2.75, 3.05) is 32.9 Å². The molecule has 3 aromatic carbocycles. The van der Waals surface area contributed by atoms with Crippen molar-refractivity contribution in [2.45, 2.75) is 37.3 Å². The van der Waals surface area contributed by atoms with Crippen LogP contribution in [-0.2, 0) is 11.4 Å². The van der Waals surface area contributed by atoms with Crippen LogP contribution >= 0.6 is 23.4 Å². The standard InChI is InChI=1S/C31H31ClN4O3S/c1-19-23(6-4-7-24(19)31-34-26-15-20(17-37)14-21(16-33)30(26)39-31)25-8-5-9-27(29(25)32)40-18-28(38)36(3)22-10-12-35(2)13-11-22/h4-9,14-15,22,37H,10-13,17-18H2,1-3H3. The van der Waals surface area contributed by atoms with E-state index in [1.165, 1.54) is 11.8 Å². The van der Waals surface area contributed by atoms with Gasteiger partial charge in [0.2, 0.25) is 11.8 Å². The third-order valence-electron chi connectivity index (χ3n) is 7.65. The Morgan fingerprint density at radius 1 is 1.20 bits per heavy atom. The fourth-order valence-electron chi connectivity index (χ4n) is 5.20. The number of benzene rings is 3. The van der Waals surface area contributed by atoms with E-state index in [1.807, 2.05) is 55.3 Å². The lowest BCUT2D eigenvalue weighted by Crippen LogP contribution is -2.45. The van der Waals surface area contributed by atoms with E-state index in [-0.39, 0.29) is 18.6 Å². The molecule has 0 spiro atoms. The van der Waals surface area contributed by atoms with E-state index in [1.54, 1.807) is 12.1 Å². The number of carbonyl (C=O) groups is 1. The van der Waals surface area contributed by atoms with Gasteiger partial charge in [0, 0.05) is 29.1 Å². The Kier molecular flexibility index (Phi) is 8.48. The van der Waals surface area contributed by atoms with Gasteiger partial charge in [-0.05, 0) is 80.9 Å². The van der Waals surface area contributed by atoms with Gasteiger partial charge in [-0.15, -0.1) is 11.8 Å². The van der Waals surface area contributed by atoms with Crippen LogP contribution in [0.2, 0.25) is 5.02 Å². The molecule has 0 unspecified atom stereocenters. The zero-order valence-corrected chi connectivity index (χ0v) is 24.3. The van der Waals surface area contributed by atoms with Crippen molar-refractivity contribution < 1.29 is 14.3 Å². The number of piperidine rings is 1. The van der Waals surface area contributed by atoms with Gasteiger partial charge >= 0.3 is 0 Å². The normalized spacial score (nSPS) is 14.4. The summed E-state index contributed by atoms with van der Waals surface area (Å²) in [7, 11) is 4.02. The Morgan fingerprint density at radius 3 is 2.62 bits per heavy atom. The van der Waals surface area contributed by atoms with Crippen LogP contribution in [0.1, 0.15) is 29.5 Å². The van der Waals surface area contributed by atoms with Crippen LogP contribution in [0.3, 0.4) is 0 Å². The first-order chi connectivity index (χ1) is 19.3. The largest absolute Gasteiger partial charge is 0.435 e. The highest BCUT2D eigenvalue weighted by Crippen LogP contribution is 2.40. The number of carbonyl (C=O) groups excluding carboxylic acids is 1. The molecule has 0 atom stereocenters. The molecular weight excluding hydrogens is 544 g/mol. The molecule has 1 aliphatic heterocycles. The molecule has 1 fully saturated rings. The van der Waals surface area contributed by atoms with Gasteiger partial charge in [-0.25, -0.2) is 4.98 Å². The summed E-state index contributed by atoms with van der Waals surface area (Å²) < 4.78 is 6.05. The molecule has 1 saturated heterocycles. The van der Waals surface area contributed by atoms with Crippen LogP contribution in [0, 0.1) is 18.3 Å². The maximum atomic E-state index is 13.0. The lowest BCUT2D eigenvalue weighted by molar-refractivity contribution is -0.129. The first kappa shape index (κ1) is 28.2. The minimum Gasteiger partial charge on any atom is -0.435 e. The quantitative estimate of drug-likeness (QED) is 0.265. The van der Waals surface area contributed by atoms with Crippen LogP contribution in [0.5, 0.6) is 0 Å². The van der Waals surface area contributed by atoms with Crippen LogP contribution in [0.25, 0.3) is 33.7 Å². The highest BCUT2D eigenvalue weighted by molar-refractivity contribution is 8.00. The fraction of sp³-hybridized carbons (Fsp3) is 0.323. The summed E-state index contributed by atoms with van der Waals surface area (Å²) in [5.41, 5.74) is 5.35. The van der Waals surface area contributed by atoms with Crippen molar-refractivity contribution in [3.63, 3.8) is 0 Å². The second-order valence-electron chi connectivity index (χ2n) is 10.2. The van der Waals surface area contributed by atoms with Gasteiger partial charge in [-0.1, -0.05) is 35.9 Å². The molecule has 1 N–H and O–H groups in total. The Morgan fingerprint density at radius 2 is 1.90 bits per heavy atom. The number of thioether (sulfide) groups is 1. The molecule has 0 radical (unpaired) electrons. The predicted molar refractivity (Wildman–Crippen MR) is 159 cm³/mol. The molecule has 5 rings (SSSR count). The molecule has 1 amide bonds. The number of nitriles is 1. The van der Waals surface area contributed by atoms with Crippen LogP contribution in [0.15, 0.2) is 57.8 Å². The number of nitrogens with zero attached hydrogens (tertiary/aromatic N) is 4. The SMILES string of the molecule is Cc1c(-c2nc3cc(CO)cc(C#N)c3o2)cccc1-c1cccc(SCC(=O)N(C)C2CCN(C)CC2)c1Cl. The minimum atomic E-state index is -0.186. The Balaban J connectivity index is 1.40. The smallest absolute Gasteiger partial charge is 0.232 e. The van der Waals surface area contributed by atoms with E-state index in [2.05, 4.69) is 23.0 Å². The van der Waals surface area contributed by atoms with Crippen molar-refractivity contribution >= 4 is 40.4 Å². The van der Waals surface area contributed by atoms with E-state index in [0.717, 1.165) is 53.1 Å². The third kappa shape index (κ3) is 5.61. The zero-order chi connectivity index (χ0) is 28.4. The van der Waals surface area contributed by atoms with Gasteiger partial charge in [-0.2, -0.15) is 5.26 Å². The molecule has 0 bridgehead atoms. The number of likely N-dealkylation sites (tertiary alicyclic amines) is 1. The van der Waals surface area contributed by atoms with Crippen molar-refractivity contribution in [2.24, 2.45) is 0 Å². The highest BCUT2D eigenvalue weighted by Gasteiger charge is 2.24. The molecule has 0 aliphatic carbocycles. The maximum Gasteiger partial charge on any atom is 0.232 e.